The lowest BCUT2D eigenvalue weighted by Crippen LogP contribution is -2.15. The molecule has 2 aliphatic carbocycles. The van der Waals surface area contributed by atoms with Crippen molar-refractivity contribution in [1.82, 2.24) is 4.37 Å². The van der Waals surface area contributed by atoms with Crippen LogP contribution in [-0.4, -0.2) is 15.7 Å². The summed E-state index contributed by atoms with van der Waals surface area (Å²) in [6, 6.07) is 0. The summed E-state index contributed by atoms with van der Waals surface area (Å²) in [5.74, 6) is 0. The van der Waals surface area contributed by atoms with Gasteiger partial charge in [-0.2, -0.15) is 4.37 Å². The molecular formula is C9H11INOPS. The number of hydrogen-bond donors (Lipinski definition) is 0. The van der Waals surface area contributed by atoms with Gasteiger partial charge in [-0.1, -0.05) is 0 Å². The average Bonchev–Trinajstić information content (AvgIpc) is 3.00. The second kappa shape index (κ2) is 3.29. The molecule has 0 radical (unpaired) electrons. The minimum atomic E-state index is -2.09. The van der Waals surface area contributed by atoms with Crippen molar-refractivity contribution < 1.29 is 4.57 Å². The SMILES string of the molecule is O=P(c1nscc1I)(C1CC1)C1CC1. The monoisotopic (exact) mass is 339 g/mol. The van der Waals surface area contributed by atoms with Gasteiger partial charge in [0.05, 0.1) is 3.57 Å². The van der Waals surface area contributed by atoms with Crippen LogP contribution in [0.3, 0.4) is 0 Å². The van der Waals surface area contributed by atoms with Crippen LogP contribution >= 0.6 is 41.3 Å². The van der Waals surface area contributed by atoms with Gasteiger partial charge in [0.2, 0.25) is 0 Å². The van der Waals surface area contributed by atoms with Crippen LogP contribution in [0.15, 0.2) is 5.38 Å². The molecule has 1 heterocycles. The Hall–Kier alpha value is 0.590. The summed E-state index contributed by atoms with van der Waals surface area (Å²) >= 11 is 3.73. The lowest BCUT2D eigenvalue weighted by Gasteiger charge is -2.14. The van der Waals surface area contributed by atoms with Crippen LogP contribution in [0.4, 0.5) is 0 Å². The van der Waals surface area contributed by atoms with Crippen LogP contribution in [0.1, 0.15) is 25.7 Å². The van der Waals surface area contributed by atoms with E-state index in [9.17, 15) is 4.57 Å². The van der Waals surface area contributed by atoms with E-state index in [4.69, 9.17) is 0 Å². The highest BCUT2D eigenvalue weighted by molar-refractivity contribution is 14.1. The van der Waals surface area contributed by atoms with Crippen molar-refractivity contribution >= 4 is 46.7 Å². The molecule has 0 spiro atoms. The highest BCUT2D eigenvalue weighted by Gasteiger charge is 2.53. The second-order valence-corrected chi connectivity index (χ2v) is 9.25. The summed E-state index contributed by atoms with van der Waals surface area (Å²) in [4.78, 5) is 0. The molecule has 0 N–H and O–H groups in total. The van der Waals surface area contributed by atoms with Gasteiger partial charge in [-0.25, -0.2) is 0 Å². The number of nitrogens with zero attached hydrogens (tertiary/aromatic N) is 1. The molecule has 0 bridgehead atoms. The normalized spacial score (nSPS) is 22.6. The minimum absolute atomic E-state index is 0.491. The van der Waals surface area contributed by atoms with Gasteiger partial charge in [-0.15, -0.1) is 0 Å². The van der Waals surface area contributed by atoms with Gasteiger partial charge in [-0.3, -0.25) is 0 Å². The first-order valence-corrected chi connectivity index (χ1v) is 8.69. The Labute approximate surface area is 101 Å². The molecule has 0 unspecified atom stereocenters. The Morgan fingerprint density at radius 1 is 1.36 bits per heavy atom. The van der Waals surface area contributed by atoms with Gasteiger partial charge >= 0.3 is 0 Å². The zero-order valence-electron chi connectivity index (χ0n) is 7.65. The molecule has 76 valence electrons. The van der Waals surface area contributed by atoms with Crippen molar-refractivity contribution in [2.45, 2.75) is 37.0 Å². The first-order valence-electron chi connectivity index (χ1n) is 4.93. The predicted octanol–water partition coefficient (Wildman–Crippen LogP) is 3.06. The topological polar surface area (TPSA) is 30.0 Å². The fourth-order valence-corrected chi connectivity index (χ4v) is 8.48. The summed E-state index contributed by atoms with van der Waals surface area (Å²) in [6.07, 6.45) is 4.67. The molecule has 3 rings (SSSR count). The van der Waals surface area contributed by atoms with Gasteiger partial charge in [0.25, 0.3) is 0 Å². The summed E-state index contributed by atoms with van der Waals surface area (Å²) in [5.41, 5.74) is 1.95. The van der Waals surface area contributed by atoms with E-state index < -0.39 is 7.14 Å². The molecule has 0 saturated heterocycles. The summed E-state index contributed by atoms with van der Waals surface area (Å²) in [7, 11) is -2.09. The van der Waals surface area contributed by atoms with Crippen molar-refractivity contribution in [3.8, 4) is 0 Å². The van der Waals surface area contributed by atoms with Gasteiger partial charge in [0.1, 0.15) is 12.6 Å². The quantitative estimate of drug-likeness (QED) is 0.626. The fraction of sp³-hybridized carbons (Fsp3) is 0.667. The smallest absolute Gasteiger partial charge is 0.141 e. The van der Waals surface area contributed by atoms with E-state index in [0.717, 1.165) is 9.01 Å². The van der Waals surface area contributed by atoms with Crippen molar-refractivity contribution in [1.29, 1.82) is 0 Å². The van der Waals surface area contributed by atoms with Crippen LogP contribution in [0.2, 0.25) is 0 Å². The summed E-state index contributed by atoms with van der Waals surface area (Å²) in [5, 5.41) is 2.02. The molecule has 1 aromatic rings. The number of rotatable bonds is 3. The lowest BCUT2D eigenvalue weighted by molar-refractivity contribution is 0.578. The molecule has 2 fully saturated rings. The molecule has 0 aliphatic heterocycles. The number of aromatic nitrogens is 1. The van der Waals surface area contributed by atoms with Crippen molar-refractivity contribution in [3.05, 3.63) is 8.95 Å². The molecule has 5 heteroatoms. The van der Waals surface area contributed by atoms with Gasteiger partial charge in [0.15, 0.2) is 0 Å². The average molecular weight is 339 g/mol. The zero-order chi connectivity index (χ0) is 9.76. The lowest BCUT2D eigenvalue weighted by atomic mass is 10.8. The largest absolute Gasteiger partial charge is 0.316 e. The Balaban J connectivity index is 2.07. The minimum Gasteiger partial charge on any atom is -0.316 e. The van der Waals surface area contributed by atoms with Crippen LogP contribution < -0.4 is 5.44 Å². The maximum Gasteiger partial charge on any atom is 0.141 e. The molecule has 0 atom stereocenters. The van der Waals surface area contributed by atoms with Gasteiger partial charge in [-0.05, 0) is 59.8 Å². The van der Waals surface area contributed by atoms with Crippen molar-refractivity contribution in [2.75, 3.05) is 0 Å². The fourth-order valence-electron chi connectivity index (χ4n) is 2.01. The first-order chi connectivity index (χ1) is 6.73. The molecule has 2 saturated carbocycles. The molecule has 1 aromatic heterocycles. The summed E-state index contributed by atoms with van der Waals surface area (Å²) < 4.78 is 18.5. The molecule has 2 aliphatic rings. The number of halogens is 1. The zero-order valence-corrected chi connectivity index (χ0v) is 11.5. The Morgan fingerprint density at radius 2 is 1.93 bits per heavy atom. The second-order valence-electron chi connectivity index (χ2n) is 4.16. The van der Waals surface area contributed by atoms with Crippen LogP contribution in [-0.2, 0) is 4.57 Å². The van der Waals surface area contributed by atoms with E-state index in [2.05, 4.69) is 27.0 Å². The Morgan fingerprint density at radius 3 is 2.29 bits per heavy atom. The van der Waals surface area contributed by atoms with E-state index in [1.807, 2.05) is 5.38 Å². The molecule has 0 amide bonds. The van der Waals surface area contributed by atoms with E-state index in [1.165, 1.54) is 37.2 Å². The third kappa shape index (κ3) is 1.41. The highest BCUT2D eigenvalue weighted by Crippen LogP contribution is 2.69. The molecule has 2 nitrogen and oxygen atoms in total. The Kier molecular flexibility index (Phi) is 2.30. The summed E-state index contributed by atoms with van der Waals surface area (Å²) in [6.45, 7) is 0. The maximum absolute atomic E-state index is 13.0. The van der Waals surface area contributed by atoms with Crippen LogP contribution in [0, 0.1) is 3.57 Å². The molecular weight excluding hydrogens is 328 g/mol. The van der Waals surface area contributed by atoms with Crippen molar-refractivity contribution in [2.24, 2.45) is 0 Å². The van der Waals surface area contributed by atoms with E-state index >= 15 is 0 Å². The van der Waals surface area contributed by atoms with Gasteiger partial charge in [0, 0.05) is 16.7 Å². The van der Waals surface area contributed by atoms with Gasteiger partial charge < -0.3 is 4.57 Å². The molecule has 14 heavy (non-hydrogen) atoms. The third-order valence-corrected chi connectivity index (χ3v) is 9.66. The van der Waals surface area contributed by atoms with E-state index in [0.29, 0.717) is 11.3 Å². The predicted molar refractivity (Wildman–Crippen MR) is 68.1 cm³/mol. The van der Waals surface area contributed by atoms with Crippen molar-refractivity contribution in [3.63, 3.8) is 0 Å². The third-order valence-electron chi connectivity index (χ3n) is 3.02. The first kappa shape index (κ1) is 9.79. The maximum atomic E-state index is 13.0. The standard InChI is InChI=1S/C9H11INOPS/c10-8-5-14-11-9(8)13(12,6-1-2-6)7-3-4-7/h5-7H,1-4H2. The van der Waals surface area contributed by atoms with E-state index in [-0.39, 0.29) is 0 Å². The van der Waals surface area contributed by atoms with Crippen LogP contribution in [0.5, 0.6) is 0 Å². The highest BCUT2D eigenvalue weighted by atomic mass is 127. The van der Waals surface area contributed by atoms with Crippen LogP contribution in [0.25, 0.3) is 0 Å². The Bertz CT molecular complexity index is 395. The molecule has 0 aromatic carbocycles. The number of hydrogen-bond acceptors (Lipinski definition) is 3. The van der Waals surface area contributed by atoms with E-state index in [1.54, 1.807) is 0 Å².